The number of hydrogen-bond donors (Lipinski definition) is 1. The number of ether oxygens (including phenoxy) is 2. The van der Waals surface area contributed by atoms with Crippen molar-refractivity contribution in [2.45, 2.75) is 45.3 Å². The molecule has 11 heteroatoms. The fourth-order valence-electron chi connectivity index (χ4n) is 3.97. The number of aryl methyl sites for hydroxylation is 1. The molecule has 0 saturated heterocycles. The number of halogens is 2. The van der Waals surface area contributed by atoms with Crippen LogP contribution in [-0.4, -0.2) is 55.8 Å². The maximum atomic E-state index is 12.2. The van der Waals surface area contributed by atoms with Crippen LogP contribution in [-0.2, 0) is 11.3 Å². The van der Waals surface area contributed by atoms with Gasteiger partial charge in [0.25, 0.3) is 5.91 Å². The monoisotopic (exact) mass is 538 g/mol. The SMILES string of the molecule is Cc1ccnc(Cn2c(-c3ccc(OCC(=O)NCCCF)cc3Cl)nc3c(OC4(C)CC4)ncnc32)c1. The lowest BCUT2D eigenvalue weighted by atomic mass is 10.2. The lowest BCUT2D eigenvalue weighted by molar-refractivity contribution is -0.123. The molecule has 0 spiro atoms. The van der Waals surface area contributed by atoms with E-state index in [0.29, 0.717) is 45.7 Å². The molecule has 0 aliphatic heterocycles. The van der Waals surface area contributed by atoms with Crippen molar-refractivity contribution in [3.05, 3.63) is 59.1 Å². The number of nitrogens with one attached hydrogen (secondary N) is 1. The Balaban J connectivity index is 1.48. The highest BCUT2D eigenvalue weighted by atomic mass is 35.5. The average Bonchev–Trinajstić information content (AvgIpc) is 3.51. The molecule has 38 heavy (non-hydrogen) atoms. The third kappa shape index (κ3) is 5.85. The number of pyridine rings is 1. The minimum atomic E-state index is -0.485. The summed E-state index contributed by atoms with van der Waals surface area (Å²) in [5.41, 5.74) is 3.51. The molecule has 3 aromatic heterocycles. The van der Waals surface area contributed by atoms with E-state index in [9.17, 15) is 9.18 Å². The van der Waals surface area contributed by atoms with E-state index in [4.69, 9.17) is 26.1 Å². The van der Waals surface area contributed by atoms with Gasteiger partial charge in [-0.3, -0.25) is 14.2 Å². The number of amides is 1. The number of nitrogens with zero attached hydrogens (tertiary/aromatic N) is 5. The lowest BCUT2D eigenvalue weighted by Crippen LogP contribution is -2.29. The molecule has 9 nitrogen and oxygen atoms in total. The van der Waals surface area contributed by atoms with Crippen molar-refractivity contribution in [2.24, 2.45) is 0 Å². The highest BCUT2D eigenvalue weighted by Crippen LogP contribution is 2.41. The van der Waals surface area contributed by atoms with Crippen LogP contribution >= 0.6 is 11.6 Å². The van der Waals surface area contributed by atoms with Crippen LogP contribution in [0.1, 0.15) is 37.4 Å². The predicted molar refractivity (Wildman–Crippen MR) is 141 cm³/mol. The van der Waals surface area contributed by atoms with Gasteiger partial charge < -0.3 is 19.4 Å². The van der Waals surface area contributed by atoms with Crippen molar-refractivity contribution in [1.82, 2.24) is 29.8 Å². The molecule has 3 heterocycles. The van der Waals surface area contributed by atoms with Crippen molar-refractivity contribution in [3.63, 3.8) is 0 Å². The van der Waals surface area contributed by atoms with Crippen LogP contribution in [0.4, 0.5) is 4.39 Å². The number of alkyl halides is 1. The number of aromatic nitrogens is 5. The molecule has 1 aliphatic carbocycles. The largest absolute Gasteiger partial charge is 0.484 e. The summed E-state index contributed by atoms with van der Waals surface area (Å²) in [6, 6.07) is 9.10. The van der Waals surface area contributed by atoms with Crippen molar-refractivity contribution >= 4 is 28.7 Å². The van der Waals surface area contributed by atoms with Crippen LogP contribution in [0.3, 0.4) is 0 Å². The molecule has 0 unspecified atom stereocenters. The third-order valence-electron chi connectivity index (χ3n) is 6.27. The first-order valence-electron chi connectivity index (χ1n) is 12.4. The molecular weight excluding hydrogens is 511 g/mol. The van der Waals surface area contributed by atoms with Gasteiger partial charge in [0.1, 0.15) is 23.5 Å². The number of fused-ring (bicyclic) bond motifs is 1. The Labute approximate surface area is 224 Å². The number of rotatable bonds is 11. The van der Waals surface area contributed by atoms with Gasteiger partial charge in [0.2, 0.25) is 5.88 Å². The van der Waals surface area contributed by atoms with Crippen molar-refractivity contribution in [2.75, 3.05) is 19.8 Å². The van der Waals surface area contributed by atoms with Gasteiger partial charge in [-0.15, -0.1) is 0 Å². The molecule has 1 saturated carbocycles. The van der Waals surface area contributed by atoms with Crippen LogP contribution in [0.5, 0.6) is 11.6 Å². The molecule has 0 atom stereocenters. The zero-order chi connectivity index (χ0) is 26.7. The first kappa shape index (κ1) is 25.8. The Morgan fingerprint density at radius 3 is 2.79 bits per heavy atom. The summed E-state index contributed by atoms with van der Waals surface area (Å²) in [6.07, 6.45) is 5.43. The zero-order valence-electron chi connectivity index (χ0n) is 21.2. The van der Waals surface area contributed by atoms with Crippen LogP contribution < -0.4 is 14.8 Å². The number of carbonyl (C=O) groups is 1. The second kappa shape index (κ2) is 10.9. The number of imidazole rings is 1. The molecule has 5 rings (SSSR count). The summed E-state index contributed by atoms with van der Waals surface area (Å²) in [6.45, 7) is 4.05. The fraction of sp³-hybridized carbons (Fsp3) is 0.370. The van der Waals surface area contributed by atoms with Crippen molar-refractivity contribution in [3.8, 4) is 23.0 Å². The summed E-state index contributed by atoms with van der Waals surface area (Å²) in [4.78, 5) is 30.2. The molecule has 4 aromatic rings. The molecule has 0 radical (unpaired) electrons. The normalized spacial score (nSPS) is 13.9. The molecular formula is C27H28ClFN6O3. The Morgan fingerprint density at radius 2 is 2.05 bits per heavy atom. The van der Waals surface area contributed by atoms with Gasteiger partial charge in [-0.25, -0.2) is 9.97 Å². The van der Waals surface area contributed by atoms with E-state index in [1.807, 2.05) is 30.5 Å². The van der Waals surface area contributed by atoms with Crippen LogP contribution in [0, 0.1) is 6.92 Å². The second-order valence-electron chi connectivity index (χ2n) is 9.57. The third-order valence-corrected chi connectivity index (χ3v) is 6.58. The number of benzene rings is 1. The summed E-state index contributed by atoms with van der Waals surface area (Å²) in [5.74, 6) is 1.10. The topological polar surface area (TPSA) is 104 Å². The summed E-state index contributed by atoms with van der Waals surface area (Å²) in [7, 11) is 0. The maximum Gasteiger partial charge on any atom is 0.257 e. The van der Waals surface area contributed by atoms with Crippen molar-refractivity contribution < 1.29 is 18.7 Å². The van der Waals surface area contributed by atoms with Gasteiger partial charge in [0.15, 0.2) is 17.8 Å². The molecule has 1 fully saturated rings. The van der Waals surface area contributed by atoms with Gasteiger partial charge in [-0.2, -0.15) is 4.98 Å². The Bertz CT molecular complexity index is 1470. The summed E-state index contributed by atoms with van der Waals surface area (Å²) in [5, 5.41) is 2.99. The molecule has 1 N–H and O–H groups in total. The van der Waals surface area contributed by atoms with Gasteiger partial charge in [-0.05, 0) is 69.0 Å². The Hall–Kier alpha value is -3.79. The smallest absolute Gasteiger partial charge is 0.257 e. The standard InChI is InChI=1S/C27H28ClFN6O3/c1-17-6-11-30-18(12-17)14-35-24(34-23-25(35)32-16-33-26(23)38-27(2)7-8-27)20-5-4-19(13-21(20)28)37-15-22(36)31-10-3-9-29/h4-6,11-13,16H,3,7-10,14-15H2,1-2H3,(H,31,36). The molecule has 1 aromatic carbocycles. The van der Waals surface area contributed by atoms with E-state index >= 15 is 0 Å². The Morgan fingerprint density at radius 1 is 1.21 bits per heavy atom. The van der Waals surface area contributed by atoms with E-state index < -0.39 is 6.67 Å². The highest BCUT2D eigenvalue weighted by molar-refractivity contribution is 6.33. The van der Waals surface area contributed by atoms with Gasteiger partial charge in [0.05, 0.1) is 23.9 Å². The maximum absolute atomic E-state index is 12.2. The minimum absolute atomic E-state index is 0.200. The predicted octanol–water partition coefficient (Wildman–Crippen LogP) is 4.68. The van der Waals surface area contributed by atoms with E-state index in [0.717, 1.165) is 24.1 Å². The van der Waals surface area contributed by atoms with E-state index in [1.54, 1.807) is 24.4 Å². The number of carbonyl (C=O) groups excluding carboxylic acids is 1. The first-order chi connectivity index (χ1) is 18.3. The van der Waals surface area contributed by atoms with Crippen LogP contribution in [0.2, 0.25) is 5.02 Å². The quantitative estimate of drug-likeness (QED) is 0.276. The van der Waals surface area contributed by atoms with Gasteiger partial charge in [-0.1, -0.05) is 11.6 Å². The summed E-state index contributed by atoms with van der Waals surface area (Å²) < 4.78 is 25.9. The van der Waals surface area contributed by atoms with Crippen LogP contribution in [0.15, 0.2) is 42.9 Å². The highest BCUT2D eigenvalue weighted by Gasteiger charge is 2.41. The van der Waals surface area contributed by atoms with Gasteiger partial charge >= 0.3 is 0 Å². The zero-order valence-corrected chi connectivity index (χ0v) is 22.0. The lowest BCUT2D eigenvalue weighted by Gasteiger charge is -2.12. The molecule has 198 valence electrons. The fourth-order valence-corrected chi connectivity index (χ4v) is 4.22. The van der Waals surface area contributed by atoms with Gasteiger partial charge in [0, 0.05) is 18.3 Å². The molecule has 1 aliphatic rings. The average molecular weight is 539 g/mol. The molecule has 0 bridgehead atoms. The minimum Gasteiger partial charge on any atom is -0.484 e. The second-order valence-corrected chi connectivity index (χ2v) is 9.98. The van der Waals surface area contributed by atoms with E-state index in [2.05, 4.69) is 20.3 Å². The number of hydrogen-bond acceptors (Lipinski definition) is 7. The molecule has 1 amide bonds. The first-order valence-corrected chi connectivity index (χ1v) is 12.8. The van der Waals surface area contributed by atoms with Crippen LogP contribution in [0.25, 0.3) is 22.6 Å². The van der Waals surface area contributed by atoms with Crippen molar-refractivity contribution in [1.29, 1.82) is 0 Å². The van der Waals surface area contributed by atoms with E-state index in [1.165, 1.54) is 6.33 Å². The van der Waals surface area contributed by atoms with E-state index in [-0.39, 0.29) is 31.1 Å². The Kier molecular flexibility index (Phi) is 7.42. The summed E-state index contributed by atoms with van der Waals surface area (Å²) >= 11 is 6.71.